The molecule has 0 aliphatic carbocycles. The Morgan fingerprint density at radius 1 is 1.17 bits per heavy atom. The van der Waals surface area contributed by atoms with Crippen molar-refractivity contribution in [1.29, 1.82) is 0 Å². The van der Waals surface area contributed by atoms with Crippen LogP contribution in [-0.2, 0) is 17.8 Å². The molecule has 2 rings (SSSR count). The zero-order valence-corrected chi connectivity index (χ0v) is 13.3. The van der Waals surface area contributed by atoms with E-state index in [1.165, 1.54) is 6.92 Å². The van der Waals surface area contributed by atoms with E-state index in [0.29, 0.717) is 23.7 Å². The first-order chi connectivity index (χ1) is 10.9. The summed E-state index contributed by atoms with van der Waals surface area (Å²) in [5.74, 6) is 0.0192. The first-order valence-corrected chi connectivity index (χ1v) is 7.29. The Bertz CT molecular complexity index is 668. The summed E-state index contributed by atoms with van der Waals surface area (Å²) >= 11 is 0. The van der Waals surface area contributed by atoms with Gasteiger partial charge in [0, 0.05) is 12.0 Å². The number of carboxylic acids is 1. The van der Waals surface area contributed by atoms with Gasteiger partial charge >= 0.3 is 5.97 Å². The fourth-order valence-electron chi connectivity index (χ4n) is 2.23. The van der Waals surface area contributed by atoms with E-state index in [2.05, 4.69) is 0 Å². The molecule has 0 heterocycles. The van der Waals surface area contributed by atoms with Gasteiger partial charge in [0.1, 0.15) is 12.1 Å². The van der Waals surface area contributed by atoms with Crippen molar-refractivity contribution >= 4 is 5.97 Å². The van der Waals surface area contributed by atoms with Crippen molar-refractivity contribution in [2.75, 3.05) is 7.11 Å². The van der Waals surface area contributed by atoms with E-state index in [-0.39, 0.29) is 6.42 Å². The van der Waals surface area contributed by atoms with Gasteiger partial charge < -0.3 is 20.3 Å². The minimum Gasteiger partial charge on any atom is -0.493 e. The van der Waals surface area contributed by atoms with Crippen molar-refractivity contribution in [3.8, 4) is 11.5 Å². The molecule has 2 aromatic rings. The number of carboxylic acid groups (broad SMARTS) is 1. The molecule has 0 unspecified atom stereocenters. The van der Waals surface area contributed by atoms with Gasteiger partial charge in [-0.25, -0.2) is 0 Å². The van der Waals surface area contributed by atoms with Crippen molar-refractivity contribution in [3.63, 3.8) is 0 Å². The van der Waals surface area contributed by atoms with Crippen LogP contribution >= 0.6 is 0 Å². The van der Waals surface area contributed by atoms with Gasteiger partial charge in [0.2, 0.25) is 0 Å². The number of nitrogens with two attached hydrogens (primary N) is 1. The van der Waals surface area contributed by atoms with Crippen LogP contribution in [0.5, 0.6) is 11.5 Å². The van der Waals surface area contributed by atoms with E-state index in [4.69, 9.17) is 15.2 Å². The number of hydrogen-bond donors (Lipinski definition) is 2. The fraction of sp³-hybridized carbons (Fsp3) is 0.278. The van der Waals surface area contributed by atoms with Crippen molar-refractivity contribution in [2.45, 2.75) is 25.5 Å². The number of hydrogen-bond acceptors (Lipinski definition) is 4. The molecule has 3 N–H and O–H groups in total. The lowest BCUT2D eigenvalue weighted by Crippen LogP contribution is -2.46. The predicted octanol–water partition coefficient (Wildman–Crippen LogP) is 2.62. The summed E-state index contributed by atoms with van der Waals surface area (Å²) in [6.45, 7) is 1.85. The molecule has 0 aliphatic rings. The monoisotopic (exact) mass is 315 g/mol. The van der Waals surface area contributed by atoms with Gasteiger partial charge in [0.25, 0.3) is 0 Å². The van der Waals surface area contributed by atoms with Crippen LogP contribution in [0, 0.1) is 0 Å². The third kappa shape index (κ3) is 4.23. The molecule has 2 aromatic carbocycles. The summed E-state index contributed by atoms with van der Waals surface area (Å²) in [7, 11) is 1.55. The van der Waals surface area contributed by atoms with Gasteiger partial charge in [-0.15, -0.1) is 0 Å². The summed E-state index contributed by atoms with van der Waals surface area (Å²) in [5, 5.41) is 9.23. The third-order valence-electron chi connectivity index (χ3n) is 3.55. The van der Waals surface area contributed by atoms with E-state index < -0.39 is 11.5 Å². The van der Waals surface area contributed by atoms with Gasteiger partial charge in [-0.1, -0.05) is 42.5 Å². The number of benzene rings is 2. The molecular weight excluding hydrogens is 294 g/mol. The normalized spacial score (nSPS) is 13.2. The van der Waals surface area contributed by atoms with Crippen LogP contribution in [0.3, 0.4) is 0 Å². The van der Waals surface area contributed by atoms with Crippen molar-refractivity contribution in [2.24, 2.45) is 5.73 Å². The number of aliphatic carboxylic acids is 1. The van der Waals surface area contributed by atoms with Crippen molar-refractivity contribution in [1.82, 2.24) is 0 Å². The van der Waals surface area contributed by atoms with Crippen LogP contribution in [0.4, 0.5) is 0 Å². The summed E-state index contributed by atoms with van der Waals surface area (Å²) in [6.07, 6.45) is 0.143. The average molecular weight is 315 g/mol. The second-order valence-electron chi connectivity index (χ2n) is 5.62. The molecule has 0 amide bonds. The Labute approximate surface area is 135 Å². The summed E-state index contributed by atoms with van der Waals surface area (Å²) in [5.41, 5.74) is 6.20. The van der Waals surface area contributed by atoms with E-state index >= 15 is 0 Å². The van der Waals surface area contributed by atoms with E-state index in [9.17, 15) is 9.90 Å². The van der Waals surface area contributed by atoms with Crippen LogP contribution in [0.2, 0.25) is 0 Å². The number of ether oxygens (including phenoxy) is 2. The zero-order chi connectivity index (χ0) is 16.9. The highest BCUT2D eigenvalue weighted by Crippen LogP contribution is 2.33. The number of rotatable bonds is 7. The summed E-state index contributed by atoms with van der Waals surface area (Å²) < 4.78 is 11.2. The molecule has 0 aromatic heterocycles. The standard InChI is InChI=1S/C18H21NO4/c1-18(19,17(20)21)11-14-9-6-10-15(22-2)16(14)23-12-13-7-4-3-5-8-13/h3-10H,11-12,19H2,1-2H3,(H,20,21)/t18-/m0/s1. The van der Waals surface area contributed by atoms with Gasteiger partial charge in [-0.05, 0) is 18.6 Å². The van der Waals surface area contributed by atoms with Gasteiger partial charge in [0.05, 0.1) is 7.11 Å². The first kappa shape index (κ1) is 16.8. The highest BCUT2D eigenvalue weighted by atomic mass is 16.5. The lowest BCUT2D eigenvalue weighted by Gasteiger charge is -2.22. The Morgan fingerprint density at radius 2 is 1.87 bits per heavy atom. The van der Waals surface area contributed by atoms with Crippen LogP contribution < -0.4 is 15.2 Å². The lowest BCUT2D eigenvalue weighted by molar-refractivity contribution is -0.142. The minimum atomic E-state index is -1.38. The maximum Gasteiger partial charge on any atom is 0.323 e. The molecule has 0 bridgehead atoms. The quantitative estimate of drug-likeness (QED) is 0.821. The first-order valence-electron chi connectivity index (χ1n) is 7.29. The maximum atomic E-state index is 11.3. The van der Waals surface area contributed by atoms with Gasteiger partial charge in [0.15, 0.2) is 11.5 Å². The minimum absolute atomic E-state index is 0.143. The summed E-state index contributed by atoms with van der Waals surface area (Å²) in [4.78, 5) is 11.3. The van der Waals surface area contributed by atoms with Crippen LogP contribution in [0.15, 0.2) is 48.5 Å². The molecule has 0 saturated carbocycles. The lowest BCUT2D eigenvalue weighted by atomic mass is 9.93. The molecule has 122 valence electrons. The van der Waals surface area contributed by atoms with Crippen LogP contribution in [0.1, 0.15) is 18.1 Å². The highest BCUT2D eigenvalue weighted by Gasteiger charge is 2.30. The molecule has 5 heteroatoms. The SMILES string of the molecule is COc1cccc(C[C@](C)(N)C(=O)O)c1OCc1ccccc1. The second kappa shape index (κ2) is 7.15. The molecular formula is C18H21NO4. The average Bonchev–Trinajstić information content (AvgIpc) is 2.54. The number of para-hydroxylation sites is 1. The molecule has 1 atom stereocenters. The number of carbonyl (C=O) groups is 1. The second-order valence-corrected chi connectivity index (χ2v) is 5.62. The third-order valence-corrected chi connectivity index (χ3v) is 3.55. The molecule has 0 radical (unpaired) electrons. The topological polar surface area (TPSA) is 81.8 Å². The smallest absolute Gasteiger partial charge is 0.323 e. The molecule has 23 heavy (non-hydrogen) atoms. The molecule has 0 saturated heterocycles. The molecule has 0 aliphatic heterocycles. The van der Waals surface area contributed by atoms with Gasteiger partial charge in [-0.2, -0.15) is 0 Å². The Morgan fingerprint density at radius 3 is 2.48 bits per heavy atom. The molecule has 5 nitrogen and oxygen atoms in total. The predicted molar refractivity (Wildman–Crippen MR) is 87.7 cm³/mol. The summed E-state index contributed by atoms with van der Waals surface area (Å²) in [6, 6.07) is 15.1. The maximum absolute atomic E-state index is 11.3. The molecule has 0 fully saturated rings. The largest absolute Gasteiger partial charge is 0.493 e. The fourth-order valence-corrected chi connectivity index (χ4v) is 2.23. The van der Waals surface area contributed by atoms with Crippen LogP contribution in [-0.4, -0.2) is 23.7 Å². The van der Waals surface area contributed by atoms with Crippen LogP contribution in [0.25, 0.3) is 0 Å². The molecule has 0 spiro atoms. The highest BCUT2D eigenvalue weighted by molar-refractivity contribution is 5.78. The zero-order valence-electron chi connectivity index (χ0n) is 13.3. The van der Waals surface area contributed by atoms with E-state index in [1.54, 1.807) is 25.3 Å². The van der Waals surface area contributed by atoms with E-state index in [1.807, 2.05) is 30.3 Å². The van der Waals surface area contributed by atoms with E-state index in [0.717, 1.165) is 5.56 Å². The van der Waals surface area contributed by atoms with Gasteiger partial charge in [-0.3, -0.25) is 4.79 Å². The Balaban J connectivity index is 2.27. The number of methoxy groups -OCH3 is 1. The Hall–Kier alpha value is -2.53. The van der Waals surface area contributed by atoms with Crippen molar-refractivity contribution < 1.29 is 19.4 Å². The Kier molecular flexibility index (Phi) is 5.24. The van der Waals surface area contributed by atoms with Crippen molar-refractivity contribution in [3.05, 3.63) is 59.7 Å².